The molecule has 2 unspecified atom stereocenters. The number of halogens is 4. The Balaban J connectivity index is 1.57. The minimum Gasteiger partial charge on any atom is -0.436 e. The van der Waals surface area contributed by atoms with Crippen LogP contribution in [0.2, 0.25) is 10.0 Å². The molecule has 4 rings (SSSR count). The molecule has 0 amide bonds. The number of aryl methyl sites for hydroxylation is 1. The first-order chi connectivity index (χ1) is 16.3. The second-order valence-corrected chi connectivity index (χ2v) is 10.4. The van der Waals surface area contributed by atoms with E-state index in [-0.39, 0.29) is 33.4 Å². The molecule has 1 saturated heterocycles. The number of piperidine rings is 1. The summed E-state index contributed by atoms with van der Waals surface area (Å²) in [7, 11) is -2.62. The Morgan fingerprint density at radius 1 is 1.26 bits per heavy atom. The molecule has 2 aromatic heterocycles. The highest BCUT2D eigenvalue weighted by Gasteiger charge is 2.21. The number of anilines is 2. The van der Waals surface area contributed by atoms with Gasteiger partial charge in [-0.3, -0.25) is 4.72 Å². The third-order valence-electron chi connectivity index (χ3n) is 4.85. The molecule has 3 aromatic rings. The Kier molecular flexibility index (Phi) is 8.14. The summed E-state index contributed by atoms with van der Waals surface area (Å²) < 4.78 is 44.6. The van der Waals surface area contributed by atoms with E-state index in [1.54, 1.807) is 12.3 Å². The fourth-order valence-electron chi connectivity index (χ4n) is 3.30. The van der Waals surface area contributed by atoms with E-state index >= 15 is 0 Å². The van der Waals surface area contributed by atoms with Gasteiger partial charge in [0.15, 0.2) is 11.0 Å². The highest BCUT2D eigenvalue weighted by molar-refractivity contribution is 7.86. The quantitative estimate of drug-likeness (QED) is 0.343. The largest absolute Gasteiger partial charge is 0.436 e. The molecule has 14 heteroatoms. The number of nitrogens with zero attached hydrogens (tertiary/aromatic N) is 3. The summed E-state index contributed by atoms with van der Waals surface area (Å²) in [5.41, 5.74) is 0.616. The molecule has 1 aliphatic rings. The van der Waals surface area contributed by atoms with Crippen LogP contribution in [0.5, 0.6) is 11.6 Å². The van der Waals surface area contributed by atoms with Crippen LogP contribution in [-0.4, -0.2) is 44.0 Å². The van der Waals surface area contributed by atoms with Crippen LogP contribution in [0.1, 0.15) is 17.8 Å². The van der Waals surface area contributed by atoms with Crippen LogP contribution in [0.3, 0.4) is 0 Å². The summed E-state index contributed by atoms with van der Waals surface area (Å²) in [6, 6.07) is 4.79. The molecular formula is C20H20Cl2F2N6O2S2. The standard InChI is InChI=1S/C20H20Cl2F2N6O2S2/c1-10-27-18(32-14-5-4-12(15(21)16(14)22)30-34(31)19(23)24)17(33-10)13-6-8-26-20(29-13)28-11-3-2-7-25-9-11/h4-6,8,11,19,25,30H,2-3,7,9H2,1H3,(H,26,28,29). The highest BCUT2D eigenvalue weighted by atomic mass is 35.5. The number of benzene rings is 1. The first-order valence-corrected chi connectivity index (χ1v) is 13.0. The molecule has 3 N–H and O–H groups in total. The summed E-state index contributed by atoms with van der Waals surface area (Å²) in [4.78, 5) is 14.0. The van der Waals surface area contributed by atoms with E-state index in [1.807, 2.05) is 6.92 Å². The molecule has 0 radical (unpaired) electrons. The Bertz CT molecular complexity index is 1190. The lowest BCUT2D eigenvalue weighted by Crippen LogP contribution is -2.38. The molecule has 3 heterocycles. The van der Waals surface area contributed by atoms with Crippen LogP contribution in [-0.2, 0) is 11.0 Å². The highest BCUT2D eigenvalue weighted by Crippen LogP contribution is 2.43. The number of alkyl halides is 2. The van der Waals surface area contributed by atoms with Gasteiger partial charge in [-0.15, -0.1) is 11.3 Å². The summed E-state index contributed by atoms with van der Waals surface area (Å²) in [6.07, 6.45) is 3.77. The van der Waals surface area contributed by atoms with E-state index in [1.165, 1.54) is 23.5 Å². The maximum atomic E-state index is 12.6. The normalized spacial score (nSPS) is 16.9. The zero-order valence-corrected chi connectivity index (χ0v) is 20.9. The number of aromatic nitrogens is 3. The number of hydrogen-bond acceptors (Lipinski definition) is 8. The minimum absolute atomic E-state index is 0.00366. The number of nitrogens with one attached hydrogen (secondary N) is 3. The van der Waals surface area contributed by atoms with Crippen LogP contribution < -0.4 is 20.1 Å². The fourth-order valence-corrected chi connectivity index (χ4v) is 5.05. The first-order valence-electron chi connectivity index (χ1n) is 10.2. The van der Waals surface area contributed by atoms with Gasteiger partial charge in [-0.25, -0.2) is 19.2 Å². The molecule has 34 heavy (non-hydrogen) atoms. The maximum absolute atomic E-state index is 12.6. The SMILES string of the molecule is Cc1nc(Oc2ccc(NS(=O)C(F)F)c(Cl)c2Cl)c(-c2ccnc(NC3CCCNC3)n2)s1. The number of hydrogen-bond donors (Lipinski definition) is 3. The van der Waals surface area contributed by atoms with Crippen LogP contribution >= 0.6 is 34.5 Å². The molecule has 0 spiro atoms. The summed E-state index contributed by atoms with van der Waals surface area (Å²) in [5, 5.41) is 7.29. The lowest BCUT2D eigenvalue weighted by molar-refractivity contribution is 0.244. The third kappa shape index (κ3) is 5.92. The van der Waals surface area contributed by atoms with E-state index in [2.05, 4.69) is 30.3 Å². The summed E-state index contributed by atoms with van der Waals surface area (Å²) >= 11 is 13.9. The lowest BCUT2D eigenvalue weighted by atomic mass is 10.1. The van der Waals surface area contributed by atoms with E-state index < -0.39 is 16.7 Å². The number of ether oxygens (including phenoxy) is 1. The van der Waals surface area contributed by atoms with Crippen molar-refractivity contribution in [2.75, 3.05) is 23.1 Å². The number of thiazole rings is 1. The molecule has 0 bridgehead atoms. The summed E-state index contributed by atoms with van der Waals surface area (Å²) in [6.45, 7) is 3.68. The van der Waals surface area contributed by atoms with Gasteiger partial charge < -0.3 is 15.4 Å². The van der Waals surface area contributed by atoms with Gasteiger partial charge in [-0.2, -0.15) is 8.78 Å². The smallest absolute Gasteiger partial charge is 0.330 e. The average Bonchev–Trinajstić information content (AvgIpc) is 3.19. The van der Waals surface area contributed by atoms with Crippen molar-refractivity contribution in [3.63, 3.8) is 0 Å². The van der Waals surface area contributed by atoms with Gasteiger partial charge >= 0.3 is 5.76 Å². The molecule has 1 aromatic carbocycles. The van der Waals surface area contributed by atoms with Crippen LogP contribution in [0.25, 0.3) is 10.6 Å². The monoisotopic (exact) mass is 548 g/mol. The molecule has 1 aliphatic heterocycles. The Morgan fingerprint density at radius 2 is 2.09 bits per heavy atom. The molecular weight excluding hydrogens is 529 g/mol. The van der Waals surface area contributed by atoms with Crippen molar-refractivity contribution in [2.24, 2.45) is 0 Å². The fraction of sp³-hybridized carbons (Fsp3) is 0.350. The molecule has 182 valence electrons. The van der Waals surface area contributed by atoms with Gasteiger partial charge in [0.25, 0.3) is 0 Å². The minimum atomic E-state index is -3.08. The maximum Gasteiger partial charge on any atom is 0.330 e. The van der Waals surface area contributed by atoms with Crippen molar-refractivity contribution >= 4 is 57.2 Å². The first kappa shape index (κ1) is 25.0. The van der Waals surface area contributed by atoms with E-state index in [9.17, 15) is 13.0 Å². The molecule has 0 aliphatic carbocycles. The number of rotatable bonds is 8. The molecule has 8 nitrogen and oxygen atoms in total. The van der Waals surface area contributed by atoms with Crippen LogP contribution in [0.4, 0.5) is 20.4 Å². The average molecular weight is 549 g/mol. The van der Waals surface area contributed by atoms with Crippen molar-refractivity contribution in [1.82, 2.24) is 20.3 Å². The van der Waals surface area contributed by atoms with Gasteiger partial charge in [-0.05, 0) is 44.5 Å². The van der Waals surface area contributed by atoms with Gasteiger partial charge in [0.1, 0.15) is 15.6 Å². The predicted octanol–water partition coefficient (Wildman–Crippen LogP) is 5.47. The van der Waals surface area contributed by atoms with Crippen LogP contribution in [0.15, 0.2) is 24.4 Å². The van der Waals surface area contributed by atoms with Gasteiger partial charge in [0.05, 0.1) is 21.4 Å². The topological polar surface area (TPSA) is 101 Å². The summed E-state index contributed by atoms with van der Waals surface area (Å²) in [5.74, 6) is -2.15. The van der Waals surface area contributed by atoms with Gasteiger partial charge in [-0.1, -0.05) is 23.2 Å². The van der Waals surface area contributed by atoms with Crippen molar-refractivity contribution in [2.45, 2.75) is 31.6 Å². The van der Waals surface area contributed by atoms with Crippen molar-refractivity contribution in [1.29, 1.82) is 0 Å². The third-order valence-corrected chi connectivity index (χ3v) is 7.43. The van der Waals surface area contributed by atoms with Crippen LogP contribution in [0, 0.1) is 6.92 Å². The van der Waals surface area contributed by atoms with E-state index in [4.69, 9.17) is 27.9 Å². The predicted molar refractivity (Wildman–Crippen MR) is 132 cm³/mol. The van der Waals surface area contributed by atoms with E-state index in [0.717, 1.165) is 30.9 Å². The van der Waals surface area contributed by atoms with Gasteiger partial charge in [0.2, 0.25) is 11.8 Å². The van der Waals surface area contributed by atoms with Gasteiger partial charge in [0, 0.05) is 18.8 Å². The van der Waals surface area contributed by atoms with Crippen molar-refractivity contribution in [3.05, 3.63) is 39.4 Å². The van der Waals surface area contributed by atoms with Crippen molar-refractivity contribution < 1.29 is 17.7 Å². The second kappa shape index (κ2) is 11.1. The zero-order chi connectivity index (χ0) is 24.2. The Hall–Kier alpha value is -2.12. The molecule has 1 fully saturated rings. The molecule has 2 atom stereocenters. The lowest BCUT2D eigenvalue weighted by Gasteiger charge is -2.23. The Morgan fingerprint density at radius 3 is 2.82 bits per heavy atom. The molecule has 0 saturated carbocycles. The van der Waals surface area contributed by atoms with Crippen molar-refractivity contribution in [3.8, 4) is 22.2 Å². The van der Waals surface area contributed by atoms with E-state index in [0.29, 0.717) is 16.5 Å². The Labute approximate surface area is 211 Å². The second-order valence-electron chi connectivity index (χ2n) is 7.32. The zero-order valence-electron chi connectivity index (χ0n) is 17.8.